The minimum absolute atomic E-state index is 0.0330. The number of hydrogen-bond donors (Lipinski definition) is 4. The first-order chi connectivity index (χ1) is 9.36. The van der Waals surface area contributed by atoms with Gasteiger partial charge < -0.3 is 27.4 Å². The summed E-state index contributed by atoms with van der Waals surface area (Å²) < 4.78 is 0. The highest BCUT2D eigenvalue weighted by molar-refractivity contribution is 5.94. The molecule has 0 saturated heterocycles. The molecule has 0 atom stereocenters. The molecular formula is C12H19N7O. The summed E-state index contributed by atoms with van der Waals surface area (Å²) >= 11 is 0. The number of aliphatic imine (C=N–C) groups is 2. The monoisotopic (exact) mass is 277 g/mol. The lowest BCUT2D eigenvalue weighted by Gasteiger charge is -2.10. The van der Waals surface area contributed by atoms with E-state index in [9.17, 15) is 4.79 Å². The minimum Gasteiger partial charge on any atom is -0.370 e. The van der Waals surface area contributed by atoms with E-state index in [1.807, 2.05) is 14.1 Å². The van der Waals surface area contributed by atoms with Crippen LogP contribution in [0.25, 0.3) is 0 Å². The summed E-state index contributed by atoms with van der Waals surface area (Å²) in [6, 6.07) is 6.82. The number of likely N-dealkylation sites (N-methyl/N-ethyl adjacent to an activating group) is 1. The number of nitrogens with two attached hydrogens (primary N) is 3. The van der Waals surface area contributed by atoms with Crippen molar-refractivity contribution in [3.63, 3.8) is 0 Å². The van der Waals surface area contributed by atoms with Crippen LogP contribution < -0.4 is 22.5 Å². The largest absolute Gasteiger partial charge is 0.370 e. The van der Waals surface area contributed by atoms with E-state index in [4.69, 9.17) is 17.2 Å². The number of anilines is 1. The molecule has 0 aliphatic carbocycles. The summed E-state index contributed by atoms with van der Waals surface area (Å²) in [5.41, 5.74) is 17.1. The Balaban J connectivity index is 2.70. The second-order valence-electron chi connectivity index (χ2n) is 4.34. The van der Waals surface area contributed by atoms with E-state index in [-0.39, 0.29) is 17.8 Å². The van der Waals surface area contributed by atoms with Crippen molar-refractivity contribution in [2.45, 2.75) is 0 Å². The van der Waals surface area contributed by atoms with Crippen LogP contribution in [-0.4, -0.2) is 43.4 Å². The van der Waals surface area contributed by atoms with Crippen molar-refractivity contribution in [2.75, 3.05) is 26.0 Å². The van der Waals surface area contributed by atoms with Crippen LogP contribution in [0.2, 0.25) is 0 Å². The molecule has 108 valence electrons. The van der Waals surface area contributed by atoms with E-state index in [1.54, 1.807) is 29.2 Å². The molecule has 1 rings (SSSR count). The molecule has 0 unspecified atom stereocenters. The van der Waals surface area contributed by atoms with Crippen molar-refractivity contribution >= 4 is 29.2 Å². The van der Waals surface area contributed by atoms with Gasteiger partial charge in [-0.15, -0.1) is 0 Å². The maximum absolute atomic E-state index is 11.6. The number of carbonyl (C=O) groups excluding carboxylic acids is 1. The van der Waals surface area contributed by atoms with Gasteiger partial charge in [-0.05, 0) is 38.4 Å². The van der Waals surface area contributed by atoms with Gasteiger partial charge in [0.05, 0.1) is 12.2 Å². The molecule has 7 N–H and O–H groups in total. The van der Waals surface area contributed by atoms with Gasteiger partial charge >= 0.3 is 0 Å². The van der Waals surface area contributed by atoms with Crippen molar-refractivity contribution < 1.29 is 4.79 Å². The maximum atomic E-state index is 11.6. The summed E-state index contributed by atoms with van der Waals surface area (Å²) in [6.07, 6.45) is 0. The van der Waals surface area contributed by atoms with Crippen molar-refractivity contribution in [3.8, 4) is 0 Å². The number of carbonyl (C=O) groups is 1. The number of hydrogen-bond acceptors (Lipinski definition) is 3. The van der Waals surface area contributed by atoms with Crippen molar-refractivity contribution in [1.82, 2.24) is 4.90 Å². The van der Waals surface area contributed by atoms with Gasteiger partial charge in [0.25, 0.3) is 0 Å². The Hall–Kier alpha value is -2.61. The first kappa shape index (κ1) is 15.4. The lowest BCUT2D eigenvalue weighted by Crippen LogP contribution is -2.27. The van der Waals surface area contributed by atoms with Crippen LogP contribution in [0.15, 0.2) is 34.3 Å². The van der Waals surface area contributed by atoms with Gasteiger partial charge in [-0.1, -0.05) is 0 Å². The van der Waals surface area contributed by atoms with Gasteiger partial charge in [-0.3, -0.25) is 4.79 Å². The molecule has 0 aliphatic rings. The normalized spacial score (nSPS) is 11.2. The predicted octanol–water partition coefficient (Wildman–Crippen LogP) is -0.594. The molecule has 0 heterocycles. The Morgan fingerprint density at radius 3 is 2.30 bits per heavy atom. The molecule has 0 bridgehead atoms. The van der Waals surface area contributed by atoms with Crippen LogP contribution in [0.3, 0.4) is 0 Å². The average molecular weight is 277 g/mol. The molecule has 0 aliphatic heterocycles. The molecule has 0 saturated carbocycles. The highest BCUT2D eigenvalue weighted by atomic mass is 16.2. The molecule has 0 fully saturated rings. The first-order valence-electron chi connectivity index (χ1n) is 5.85. The predicted molar refractivity (Wildman–Crippen MR) is 80.7 cm³/mol. The van der Waals surface area contributed by atoms with Crippen LogP contribution >= 0.6 is 0 Å². The molecule has 8 nitrogen and oxygen atoms in total. The second-order valence-corrected chi connectivity index (χ2v) is 4.34. The number of benzene rings is 1. The minimum atomic E-state index is -0.154. The zero-order chi connectivity index (χ0) is 15.1. The molecular weight excluding hydrogens is 258 g/mol. The number of rotatable bonds is 4. The molecule has 0 radical (unpaired) electrons. The maximum Gasteiger partial charge on any atom is 0.238 e. The Kier molecular flexibility index (Phi) is 5.48. The Labute approximate surface area is 117 Å². The highest BCUT2D eigenvalue weighted by Crippen LogP contribution is 2.16. The highest BCUT2D eigenvalue weighted by Gasteiger charge is 2.03. The lowest BCUT2D eigenvalue weighted by atomic mass is 10.3. The van der Waals surface area contributed by atoms with Gasteiger partial charge in [0.2, 0.25) is 11.9 Å². The summed E-state index contributed by atoms with van der Waals surface area (Å²) in [4.78, 5) is 20.9. The number of nitrogens with one attached hydrogen (secondary N) is 1. The fourth-order valence-electron chi connectivity index (χ4n) is 1.40. The second kappa shape index (κ2) is 7.10. The molecule has 0 aromatic heterocycles. The van der Waals surface area contributed by atoms with Crippen molar-refractivity contribution in [2.24, 2.45) is 27.2 Å². The summed E-state index contributed by atoms with van der Waals surface area (Å²) in [6.45, 7) is 0.317. The van der Waals surface area contributed by atoms with Gasteiger partial charge in [-0.2, -0.15) is 4.99 Å². The summed E-state index contributed by atoms with van der Waals surface area (Å²) in [7, 11) is 3.65. The van der Waals surface area contributed by atoms with E-state index in [0.717, 1.165) is 0 Å². The number of nitrogens with zero attached hydrogens (tertiary/aromatic N) is 3. The van der Waals surface area contributed by atoms with Gasteiger partial charge in [0.15, 0.2) is 5.96 Å². The molecule has 0 spiro atoms. The number of amides is 1. The van der Waals surface area contributed by atoms with Crippen molar-refractivity contribution in [3.05, 3.63) is 24.3 Å². The fourth-order valence-corrected chi connectivity index (χ4v) is 1.40. The van der Waals surface area contributed by atoms with Gasteiger partial charge in [0, 0.05) is 5.69 Å². The van der Waals surface area contributed by atoms with Crippen LogP contribution in [0, 0.1) is 0 Å². The lowest BCUT2D eigenvalue weighted by molar-refractivity contribution is -0.116. The molecule has 1 aromatic carbocycles. The van der Waals surface area contributed by atoms with E-state index >= 15 is 0 Å². The standard InChI is InChI=1S/C12H19N7O/c1-19(2)7-10(20)16-8-3-5-9(6-4-8)17-12(15)18-11(13)14/h3-6H,7H2,1-2H3,(H,16,20)(H6,13,14,15,17,18). The third-order valence-corrected chi connectivity index (χ3v) is 2.10. The molecule has 1 aromatic rings. The zero-order valence-corrected chi connectivity index (χ0v) is 11.5. The zero-order valence-electron chi connectivity index (χ0n) is 11.5. The summed E-state index contributed by atoms with van der Waals surface area (Å²) in [5.74, 6) is -0.278. The molecule has 20 heavy (non-hydrogen) atoms. The third-order valence-electron chi connectivity index (χ3n) is 2.10. The quantitative estimate of drug-likeness (QED) is 0.431. The molecule has 8 heteroatoms. The molecule has 1 amide bonds. The first-order valence-corrected chi connectivity index (χ1v) is 5.85. The van der Waals surface area contributed by atoms with Crippen LogP contribution in [0.4, 0.5) is 11.4 Å². The third kappa shape index (κ3) is 5.83. The Bertz CT molecular complexity index is 515. The van der Waals surface area contributed by atoms with E-state index < -0.39 is 0 Å². The average Bonchev–Trinajstić information content (AvgIpc) is 2.29. The van der Waals surface area contributed by atoms with E-state index in [2.05, 4.69) is 15.3 Å². The van der Waals surface area contributed by atoms with Gasteiger partial charge in [0.1, 0.15) is 0 Å². The smallest absolute Gasteiger partial charge is 0.238 e. The Morgan fingerprint density at radius 1 is 1.20 bits per heavy atom. The van der Waals surface area contributed by atoms with Crippen molar-refractivity contribution in [1.29, 1.82) is 0 Å². The van der Waals surface area contributed by atoms with Crippen LogP contribution in [0.5, 0.6) is 0 Å². The SMILES string of the molecule is CN(C)CC(=O)Nc1ccc(N=C(N)N=C(N)N)cc1. The topological polar surface area (TPSA) is 135 Å². The van der Waals surface area contributed by atoms with E-state index in [1.165, 1.54) is 0 Å². The van der Waals surface area contributed by atoms with E-state index in [0.29, 0.717) is 17.9 Å². The number of guanidine groups is 2. The van der Waals surface area contributed by atoms with Crippen LogP contribution in [0.1, 0.15) is 0 Å². The Morgan fingerprint density at radius 2 is 1.80 bits per heavy atom. The van der Waals surface area contributed by atoms with Crippen LogP contribution in [-0.2, 0) is 4.79 Å². The summed E-state index contributed by atoms with van der Waals surface area (Å²) in [5, 5.41) is 2.76. The fraction of sp³-hybridized carbons (Fsp3) is 0.250. The van der Waals surface area contributed by atoms with Gasteiger partial charge in [-0.25, -0.2) is 4.99 Å².